The van der Waals surface area contributed by atoms with Gasteiger partial charge in [-0.25, -0.2) is 9.78 Å². The number of carbonyl (C=O) groups is 1. The number of anilines is 1. The fourth-order valence-electron chi connectivity index (χ4n) is 2.89. The number of amides is 2. The molecule has 2 aliphatic rings. The van der Waals surface area contributed by atoms with E-state index in [1.54, 1.807) is 0 Å². The molecular formula is C15H19N5O2S. The van der Waals surface area contributed by atoms with Crippen LogP contribution >= 0.6 is 11.3 Å². The fraction of sp³-hybridized carbons (Fsp3) is 0.600. The Morgan fingerprint density at radius 1 is 1.26 bits per heavy atom. The van der Waals surface area contributed by atoms with Gasteiger partial charge in [-0.1, -0.05) is 5.16 Å². The van der Waals surface area contributed by atoms with E-state index in [9.17, 15) is 4.79 Å². The zero-order valence-corrected chi connectivity index (χ0v) is 13.8. The molecule has 2 fully saturated rings. The molecule has 1 aliphatic carbocycles. The van der Waals surface area contributed by atoms with E-state index < -0.39 is 0 Å². The van der Waals surface area contributed by atoms with Gasteiger partial charge < -0.3 is 9.42 Å². The van der Waals surface area contributed by atoms with Gasteiger partial charge in [-0.15, -0.1) is 11.3 Å². The second kappa shape index (κ2) is 5.92. The van der Waals surface area contributed by atoms with Crippen LogP contribution in [0.1, 0.15) is 54.9 Å². The van der Waals surface area contributed by atoms with Gasteiger partial charge in [-0.05, 0) is 32.6 Å². The third kappa shape index (κ3) is 3.21. The second-order valence-electron chi connectivity index (χ2n) is 6.22. The predicted molar refractivity (Wildman–Crippen MR) is 85.7 cm³/mol. The highest BCUT2D eigenvalue weighted by Crippen LogP contribution is 2.40. The molecule has 1 saturated heterocycles. The van der Waals surface area contributed by atoms with Gasteiger partial charge in [-0.3, -0.25) is 5.32 Å². The molecule has 1 saturated carbocycles. The van der Waals surface area contributed by atoms with E-state index in [2.05, 4.69) is 25.8 Å². The van der Waals surface area contributed by atoms with Crippen molar-refractivity contribution in [3.05, 3.63) is 22.8 Å². The van der Waals surface area contributed by atoms with Crippen molar-refractivity contribution in [1.29, 1.82) is 0 Å². The van der Waals surface area contributed by atoms with E-state index in [1.165, 1.54) is 24.2 Å². The lowest BCUT2D eigenvalue weighted by atomic mass is 9.97. The first-order valence-corrected chi connectivity index (χ1v) is 8.88. The first kappa shape index (κ1) is 14.6. The van der Waals surface area contributed by atoms with Crippen molar-refractivity contribution < 1.29 is 9.32 Å². The van der Waals surface area contributed by atoms with E-state index in [0.29, 0.717) is 35.9 Å². The number of urea groups is 1. The first-order chi connectivity index (χ1) is 11.2. The van der Waals surface area contributed by atoms with Crippen molar-refractivity contribution in [1.82, 2.24) is 20.0 Å². The Labute approximate surface area is 138 Å². The number of hydrogen-bond acceptors (Lipinski definition) is 6. The van der Waals surface area contributed by atoms with Crippen LogP contribution in [-0.2, 0) is 0 Å². The number of aromatic nitrogens is 3. The van der Waals surface area contributed by atoms with Crippen LogP contribution in [0.5, 0.6) is 0 Å². The van der Waals surface area contributed by atoms with Crippen molar-refractivity contribution in [2.75, 3.05) is 18.4 Å². The van der Waals surface area contributed by atoms with E-state index in [1.807, 2.05) is 11.8 Å². The van der Waals surface area contributed by atoms with Gasteiger partial charge in [0.2, 0.25) is 5.89 Å². The van der Waals surface area contributed by atoms with Crippen LogP contribution in [-0.4, -0.2) is 39.1 Å². The molecule has 3 heterocycles. The lowest BCUT2D eigenvalue weighted by molar-refractivity contribution is 0.187. The number of piperidine rings is 1. The van der Waals surface area contributed by atoms with E-state index in [4.69, 9.17) is 4.52 Å². The molecule has 23 heavy (non-hydrogen) atoms. The van der Waals surface area contributed by atoms with Crippen LogP contribution in [0.2, 0.25) is 0 Å². The predicted octanol–water partition coefficient (Wildman–Crippen LogP) is 3.12. The van der Waals surface area contributed by atoms with Crippen molar-refractivity contribution in [2.45, 2.75) is 44.4 Å². The van der Waals surface area contributed by atoms with Crippen molar-refractivity contribution >= 4 is 22.5 Å². The van der Waals surface area contributed by atoms with E-state index >= 15 is 0 Å². The summed E-state index contributed by atoms with van der Waals surface area (Å²) in [6.07, 6.45) is 4.14. The largest absolute Gasteiger partial charge is 0.339 e. The van der Waals surface area contributed by atoms with Crippen LogP contribution in [0.15, 0.2) is 9.90 Å². The lowest BCUT2D eigenvalue weighted by Gasteiger charge is -2.30. The molecule has 0 unspecified atom stereocenters. The quantitative estimate of drug-likeness (QED) is 0.933. The van der Waals surface area contributed by atoms with Gasteiger partial charge in [0.25, 0.3) is 0 Å². The molecule has 0 spiro atoms. The number of nitrogens with one attached hydrogen (secondary N) is 1. The highest BCUT2D eigenvalue weighted by Gasteiger charge is 2.29. The molecule has 8 heteroatoms. The number of nitrogens with zero attached hydrogens (tertiary/aromatic N) is 4. The average molecular weight is 333 g/mol. The Bertz CT molecular complexity index is 700. The normalized spacial score (nSPS) is 19.1. The number of thiazole rings is 1. The smallest absolute Gasteiger partial charge is 0.323 e. The standard InChI is InChI=1S/C15H19N5O2S/c1-9-16-13(22-19-9)11-4-6-20(7-5-11)15(21)18-14-17-12(8-23-14)10-2-3-10/h8,10-11H,2-7H2,1H3,(H,17,18,21). The van der Waals surface area contributed by atoms with Crippen molar-refractivity contribution in [3.63, 3.8) is 0 Å². The lowest BCUT2D eigenvalue weighted by Crippen LogP contribution is -2.40. The molecule has 2 amide bonds. The van der Waals surface area contributed by atoms with E-state index in [-0.39, 0.29) is 11.9 Å². The summed E-state index contributed by atoms with van der Waals surface area (Å²) in [5.41, 5.74) is 1.12. The highest BCUT2D eigenvalue weighted by molar-refractivity contribution is 7.13. The summed E-state index contributed by atoms with van der Waals surface area (Å²) in [6.45, 7) is 3.21. The van der Waals surface area contributed by atoms with Crippen LogP contribution in [0, 0.1) is 6.92 Å². The zero-order chi connectivity index (χ0) is 15.8. The maximum atomic E-state index is 12.3. The number of hydrogen-bond donors (Lipinski definition) is 1. The Morgan fingerprint density at radius 3 is 2.70 bits per heavy atom. The maximum absolute atomic E-state index is 12.3. The zero-order valence-electron chi connectivity index (χ0n) is 13.0. The average Bonchev–Trinajstić information content (AvgIpc) is 3.16. The summed E-state index contributed by atoms with van der Waals surface area (Å²) in [5.74, 6) is 2.22. The second-order valence-corrected chi connectivity index (χ2v) is 7.08. The highest BCUT2D eigenvalue weighted by atomic mass is 32.1. The number of rotatable bonds is 3. The number of likely N-dealkylation sites (tertiary alicyclic amines) is 1. The minimum absolute atomic E-state index is 0.0677. The Kier molecular flexibility index (Phi) is 3.76. The van der Waals surface area contributed by atoms with Gasteiger partial charge in [0, 0.05) is 30.3 Å². The number of aryl methyl sites for hydroxylation is 1. The molecule has 2 aromatic heterocycles. The first-order valence-electron chi connectivity index (χ1n) is 8.00. The SMILES string of the molecule is Cc1noc(C2CCN(C(=O)Nc3nc(C4CC4)cs3)CC2)n1. The Hall–Kier alpha value is -1.96. The van der Waals surface area contributed by atoms with Gasteiger partial charge >= 0.3 is 6.03 Å². The van der Waals surface area contributed by atoms with Crippen molar-refractivity contribution in [3.8, 4) is 0 Å². The summed E-state index contributed by atoms with van der Waals surface area (Å²) in [6, 6.07) is -0.0677. The fourth-order valence-corrected chi connectivity index (χ4v) is 3.67. The molecule has 122 valence electrons. The molecule has 1 aliphatic heterocycles. The third-order valence-electron chi connectivity index (χ3n) is 4.41. The molecular weight excluding hydrogens is 314 g/mol. The van der Waals surface area contributed by atoms with E-state index in [0.717, 1.165) is 18.5 Å². The molecule has 0 atom stereocenters. The summed E-state index contributed by atoms with van der Waals surface area (Å²) in [7, 11) is 0. The molecule has 4 rings (SSSR count). The summed E-state index contributed by atoms with van der Waals surface area (Å²) in [5, 5.41) is 9.51. The minimum atomic E-state index is -0.0677. The monoisotopic (exact) mass is 333 g/mol. The molecule has 1 N–H and O–H groups in total. The van der Waals surface area contributed by atoms with Gasteiger partial charge in [0.05, 0.1) is 5.69 Å². The number of carbonyl (C=O) groups excluding carboxylic acids is 1. The maximum Gasteiger partial charge on any atom is 0.323 e. The van der Waals surface area contributed by atoms with Crippen LogP contribution in [0.3, 0.4) is 0 Å². The molecule has 7 nitrogen and oxygen atoms in total. The topological polar surface area (TPSA) is 84.2 Å². The van der Waals surface area contributed by atoms with Crippen molar-refractivity contribution in [2.24, 2.45) is 0 Å². The summed E-state index contributed by atoms with van der Waals surface area (Å²) in [4.78, 5) is 23.0. The van der Waals surface area contributed by atoms with Gasteiger partial charge in [-0.2, -0.15) is 4.98 Å². The van der Waals surface area contributed by atoms with Gasteiger partial charge in [0.15, 0.2) is 11.0 Å². The van der Waals surface area contributed by atoms with Crippen LogP contribution < -0.4 is 5.32 Å². The molecule has 0 radical (unpaired) electrons. The molecule has 0 bridgehead atoms. The summed E-state index contributed by atoms with van der Waals surface area (Å²) < 4.78 is 5.24. The third-order valence-corrected chi connectivity index (χ3v) is 5.18. The molecule has 2 aromatic rings. The Morgan fingerprint density at radius 2 is 2.04 bits per heavy atom. The van der Waals surface area contributed by atoms with Gasteiger partial charge in [0.1, 0.15) is 0 Å². The summed E-state index contributed by atoms with van der Waals surface area (Å²) >= 11 is 1.51. The Balaban J connectivity index is 1.31. The minimum Gasteiger partial charge on any atom is -0.339 e. The van der Waals surface area contributed by atoms with Crippen LogP contribution in [0.25, 0.3) is 0 Å². The van der Waals surface area contributed by atoms with Crippen LogP contribution in [0.4, 0.5) is 9.93 Å². The molecule has 0 aromatic carbocycles.